The molecule has 2 atom stereocenters. The van der Waals surface area contributed by atoms with E-state index in [4.69, 9.17) is 11.6 Å². The highest BCUT2D eigenvalue weighted by molar-refractivity contribution is 7.92. The van der Waals surface area contributed by atoms with E-state index < -0.39 is 28.5 Å². The molecule has 0 saturated heterocycles. The number of hydrogen-bond donors (Lipinski definition) is 1. The zero-order chi connectivity index (χ0) is 26.2. The molecule has 0 aliphatic rings. The van der Waals surface area contributed by atoms with Crippen LogP contribution in [-0.2, 0) is 32.6 Å². The van der Waals surface area contributed by atoms with Gasteiger partial charge in [-0.1, -0.05) is 62.7 Å². The molecule has 0 bridgehead atoms. The fourth-order valence-electron chi connectivity index (χ4n) is 3.68. The summed E-state index contributed by atoms with van der Waals surface area (Å²) in [6.07, 6.45) is 2.99. The molecule has 2 amide bonds. The number of anilines is 1. The van der Waals surface area contributed by atoms with Gasteiger partial charge in [-0.3, -0.25) is 13.9 Å². The Hall–Kier alpha value is -2.58. The summed E-state index contributed by atoms with van der Waals surface area (Å²) >= 11 is 6.37. The summed E-state index contributed by atoms with van der Waals surface area (Å²) in [7, 11) is -3.76. The van der Waals surface area contributed by atoms with Crippen LogP contribution in [0.25, 0.3) is 0 Å². The Kier molecular flexibility index (Phi) is 10.6. The van der Waals surface area contributed by atoms with Crippen LogP contribution in [0, 0.1) is 0 Å². The summed E-state index contributed by atoms with van der Waals surface area (Å²) in [5.74, 6) is -0.762. The van der Waals surface area contributed by atoms with Gasteiger partial charge < -0.3 is 10.2 Å². The van der Waals surface area contributed by atoms with Crippen molar-refractivity contribution < 1.29 is 18.0 Å². The highest BCUT2D eigenvalue weighted by Crippen LogP contribution is 2.23. The number of benzene rings is 2. The van der Waals surface area contributed by atoms with Crippen molar-refractivity contribution in [3.8, 4) is 0 Å². The fourth-order valence-corrected chi connectivity index (χ4v) is 4.73. The SMILES string of the molecule is CCc1ccc(N(CC(=O)N(Cc2ccccc2Cl)[C@@H](CC)C(=O)N[C@@H](C)CC)S(C)(=O)=O)cc1. The molecule has 0 unspecified atom stereocenters. The van der Waals surface area contributed by atoms with Crippen LogP contribution in [0.2, 0.25) is 5.02 Å². The summed E-state index contributed by atoms with van der Waals surface area (Å²) in [5.41, 5.74) is 2.13. The highest BCUT2D eigenvalue weighted by atomic mass is 35.5. The lowest BCUT2D eigenvalue weighted by molar-refractivity contribution is -0.140. The van der Waals surface area contributed by atoms with Gasteiger partial charge in [0.15, 0.2) is 0 Å². The number of aryl methyl sites for hydroxylation is 1. The lowest BCUT2D eigenvalue weighted by atomic mass is 10.1. The molecule has 0 aliphatic heterocycles. The zero-order valence-corrected chi connectivity index (χ0v) is 22.7. The molecule has 0 fully saturated rings. The topological polar surface area (TPSA) is 86.8 Å². The number of nitrogens with one attached hydrogen (secondary N) is 1. The van der Waals surface area contributed by atoms with Gasteiger partial charge >= 0.3 is 0 Å². The van der Waals surface area contributed by atoms with E-state index >= 15 is 0 Å². The Morgan fingerprint density at radius 3 is 2.14 bits per heavy atom. The average molecular weight is 522 g/mol. The van der Waals surface area contributed by atoms with Gasteiger partial charge in [0.05, 0.1) is 11.9 Å². The molecule has 7 nitrogen and oxygen atoms in total. The lowest BCUT2D eigenvalue weighted by Crippen LogP contribution is -2.53. The van der Waals surface area contributed by atoms with E-state index in [0.29, 0.717) is 22.7 Å². The van der Waals surface area contributed by atoms with E-state index in [1.165, 1.54) is 4.90 Å². The van der Waals surface area contributed by atoms with Crippen molar-refractivity contribution in [2.24, 2.45) is 0 Å². The van der Waals surface area contributed by atoms with Crippen molar-refractivity contribution in [2.45, 2.75) is 65.6 Å². The molecule has 0 heterocycles. The molecule has 0 radical (unpaired) electrons. The number of carbonyl (C=O) groups is 2. The van der Waals surface area contributed by atoms with Crippen molar-refractivity contribution in [1.29, 1.82) is 0 Å². The second-order valence-corrected chi connectivity index (χ2v) is 11.0. The molecule has 0 spiro atoms. The predicted octanol–water partition coefficient (Wildman–Crippen LogP) is 4.39. The van der Waals surface area contributed by atoms with E-state index in [1.807, 2.05) is 45.9 Å². The maximum absolute atomic E-state index is 13.7. The average Bonchev–Trinajstić information content (AvgIpc) is 2.82. The Bertz CT molecular complexity index is 1110. The molecular weight excluding hydrogens is 486 g/mol. The smallest absolute Gasteiger partial charge is 0.244 e. The molecule has 0 aliphatic carbocycles. The van der Waals surface area contributed by atoms with Crippen molar-refractivity contribution in [2.75, 3.05) is 17.1 Å². The first-order valence-electron chi connectivity index (χ1n) is 11.9. The molecular formula is C26H36ClN3O4S. The lowest BCUT2D eigenvalue weighted by Gasteiger charge is -2.33. The minimum atomic E-state index is -3.76. The van der Waals surface area contributed by atoms with Gasteiger partial charge in [0.25, 0.3) is 0 Å². The Labute approximate surface area is 214 Å². The Balaban J connectivity index is 2.44. The number of amides is 2. The molecule has 192 valence electrons. The number of halogens is 1. The standard InChI is InChI=1S/C26H36ClN3O4S/c1-6-19(4)28-26(32)24(8-3)29(17-21-11-9-10-12-23(21)27)25(31)18-30(35(5,33)34)22-15-13-20(7-2)14-16-22/h9-16,19,24H,6-8,17-18H2,1-5H3,(H,28,32)/t19-,24-/m0/s1. The molecule has 0 aromatic heterocycles. The number of rotatable bonds is 12. The fraction of sp³-hybridized carbons (Fsp3) is 0.462. The highest BCUT2D eigenvalue weighted by Gasteiger charge is 2.32. The van der Waals surface area contributed by atoms with Gasteiger partial charge in [0, 0.05) is 17.6 Å². The van der Waals surface area contributed by atoms with Gasteiger partial charge in [0.1, 0.15) is 12.6 Å². The third-order valence-electron chi connectivity index (χ3n) is 6.00. The van der Waals surface area contributed by atoms with Crippen LogP contribution in [0.3, 0.4) is 0 Å². The monoisotopic (exact) mass is 521 g/mol. The first-order valence-corrected chi connectivity index (χ1v) is 14.1. The summed E-state index contributed by atoms with van der Waals surface area (Å²) in [4.78, 5) is 28.2. The molecule has 35 heavy (non-hydrogen) atoms. The quantitative estimate of drug-likeness (QED) is 0.448. The number of carbonyl (C=O) groups excluding carboxylic acids is 2. The summed E-state index contributed by atoms with van der Waals surface area (Å²) < 4.78 is 26.4. The maximum Gasteiger partial charge on any atom is 0.244 e. The van der Waals surface area contributed by atoms with E-state index in [1.54, 1.807) is 30.3 Å². The van der Waals surface area contributed by atoms with Crippen LogP contribution in [0.4, 0.5) is 5.69 Å². The third-order valence-corrected chi connectivity index (χ3v) is 7.51. The van der Waals surface area contributed by atoms with Crippen LogP contribution >= 0.6 is 11.6 Å². The Morgan fingerprint density at radius 1 is 1.00 bits per heavy atom. The summed E-state index contributed by atoms with van der Waals surface area (Å²) in [6, 6.07) is 13.3. The summed E-state index contributed by atoms with van der Waals surface area (Å²) in [6.45, 7) is 7.35. The molecule has 2 aromatic carbocycles. The van der Waals surface area contributed by atoms with Crippen LogP contribution in [-0.4, -0.2) is 50.0 Å². The minimum absolute atomic E-state index is 0.0570. The van der Waals surface area contributed by atoms with Crippen LogP contribution in [0.15, 0.2) is 48.5 Å². The van der Waals surface area contributed by atoms with Crippen molar-refractivity contribution >= 4 is 39.1 Å². The molecule has 0 saturated carbocycles. The van der Waals surface area contributed by atoms with E-state index in [-0.39, 0.29) is 18.5 Å². The van der Waals surface area contributed by atoms with Gasteiger partial charge in [-0.15, -0.1) is 0 Å². The Morgan fingerprint density at radius 2 is 1.63 bits per heavy atom. The zero-order valence-electron chi connectivity index (χ0n) is 21.1. The summed E-state index contributed by atoms with van der Waals surface area (Å²) in [5, 5.41) is 3.42. The number of nitrogens with zero attached hydrogens (tertiary/aromatic N) is 2. The van der Waals surface area contributed by atoms with Gasteiger partial charge in [0.2, 0.25) is 21.8 Å². The largest absolute Gasteiger partial charge is 0.352 e. The second-order valence-electron chi connectivity index (χ2n) is 8.64. The van der Waals surface area contributed by atoms with Crippen LogP contribution < -0.4 is 9.62 Å². The number of sulfonamides is 1. The van der Waals surface area contributed by atoms with Gasteiger partial charge in [-0.2, -0.15) is 0 Å². The van der Waals surface area contributed by atoms with E-state index in [0.717, 1.165) is 29.0 Å². The van der Waals surface area contributed by atoms with Crippen molar-refractivity contribution in [1.82, 2.24) is 10.2 Å². The normalized spacial score (nSPS) is 13.1. The number of hydrogen-bond acceptors (Lipinski definition) is 4. The van der Waals surface area contributed by atoms with Gasteiger partial charge in [-0.05, 0) is 55.5 Å². The maximum atomic E-state index is 13.7. The predicted molar refractivity (Wildman–Crippen MR) is 142 cm³/mol. The molecule has 9 heteroatoms. The molecule has 2 aromatic rings. The third kappa shape index (κ3) is 7.97. The first kappa shape index (κ1) is 28.7. The van der Waals surface area contributed by atoms with E-state index in [9.17, 15) is 18.0 Å². The van der Waals surface area contributed by atoms with Crippen molar-refractivity contribution in [3.05, 3.63) is 64.7 Å². The van der Waals surface area contributed by atoms with Crippen LogP contribution in [0.5, 0.6) is 0 Å². The molecule has 1 N–H and O–H groups in total. The van der Waals surface area contributed by atoms with E-state index in [2.05, 4.69) is 5.32 Å². The first-order chi connectivity index (χ1) is 16.5. The minimum Gasteiger partial charge on any atom is -0.352 e. The second kappa shape index (κ2) is 12.9. The van der Waals surface area contributed by atoms with Crippen molar-refractivity contribution in [3.63, 3.8) is 0 Å². The van der Waals surface area contributed by atoms with Crippen LogP contribution in [0.1, 0.15) is 51.7 Å². The molecule has 2 rings (SSSR count). The van der Waals surface area contributed by atoms with Gasteiger partial charge in [-0.25, -0.2) is 8.42 Å².